The fraction of sp³-hybridized carbons (Fsp3) is 0.625. The smallest absolute Gasteiger partial charge is 0.0156 e. The fourth-order valence-electron chi connectivity index (χ4n) is 3.19. The van der Waals surface area contributed by atoms with Gasteiger partial charge in [0.2, 0.25) is 0 Å². The lowest BCUT2D eigenvalue weighted by Gasteiger charge is -2.31. The van der Waals surface area contributed by atoms with E-state index < -0.39 is 0 Å². The number of nitrogens with zero attached hydrogens (tertiary/aromatic N) is 1. The van der Waals surface area contributed by atoms with E-state index in [9.17, 15) is 0 Å². The number of likely N-dealkylation sites (tertiary alicyclic amines) is 1. The average molecular weight is 246 g/mol. The Balaban J connectivity index is 1.89. The van der Waals surface area contributed by atoms with Crippen molar-refractivity contribution >= 4 is 0 Å². The molecule has 1 heterocycles. The Labute approximate surface area is 111 Å². The van der Waals surface area contributed by atoms with E-state index in [0.717, 1.165) is 25.4 Å². The van der Waals surface area contributed by atoms with Gasteiger partial charge in [-0.05, 0) is 51.1 Å². The van der Waals surface area contributed by atoms with Crippen molar-refractivity contribution in [2.24, 2.45) is 11.7 Å². The molecule has 0 radical (unpaired) electrons. The zero-order valence-corrected chi connectivity index (χ0v) is 11.7. The lowest BCUT2D eigenvalue weighted by atomic mass is 9.94. The van der Waals surface area contributed by atoms with Gasteiger partial charge < -0.3 is 5.73 Å². The fourth-order valence-corrected chi connectivity index (χ4v) is 3.19. The van der Waals surface area contributed by atoms with Crippen LogP contribution in [0.3, 0.4) is 0 Å². The van der Waals surface area contributed by atoms with Crippen LogP contribution in [0.5, 0.6) is 0 Å². The molecule has 0 saturated carbocycles. The van der Waals surface area contributed by atoms with Crippen LogP contribution in [0.1, 0.15) is 32.3 Å². The van der Waals surface area contributed by atoms with Crippen LogP contribution >= 0.6 is 0 Å². The van der Waals surface area contributed by atoms with E-state index >= 15 is 0 Å². The van der Waals surface area contributed by atoms with Crippen LogP contribution in [-0.2, 0) is 6.42 Å². The summed E-state index contributed by atoms with van der Waals surface area (Å²) >= 11 is 0. The van der Waals surface area contributed by atoms with E-state index in [-0.39, 0.29) is 0 Å². The minimum Gasteiger partial charge on any atom is -0.330 e. The summed E-state index contributed by atoms with van der Waals surface area (Å²) in [5, 5.41) is 0. The number of rotatable bonds is 5. The maximum atomic E-state index is 5.69. The van der Waals surface area contributed by atoms with Crippen LogP contribution < -0.4 is 5.73 Å². The Hall–Kier alpha value is -0.860. The minimum absolute atomic E-state index is 0.342. The molecular weight excluding hydrogens is 220 g/mol. The third kappa shape index (κ3) is 3.33. The van der Waals surface area contributed by atoms with Gasteiger partial charge >= 0.3 is 0 Å². The molecule has 18 heavy (non-hydrogen) atoms. The van der Waals surface area contributed by atoms with Crippen LogP contribution in [0.4, 0.5) is 0 Å². The number of benzene rings is 1. The highest BCUT2D eigenvalue weighted by Crippen LogP contribution is 2.33. The minimum atomic E-state index is 0.342. The molecule has 100 valence electrons. The Morgan fingerprint density at radius 2 is 2.00 bits per heavy atom. The quantitative estimate of drug-likeness (QED) is 0.865. The molecule has 1 aliphatic rings. The van der Waals surface area contributed by atoms with Crippen molar-refractivity contribution in [1.82, 2.24) is 4.90 Å². The molecule has 0 bridgehead atoms. The normalized spacial score (nSPS) is 23.4. The third-order valence-electron chi connectivity index (χ3n) is 4.21. The predicted molar refractivity (Wildman–Crippen MR) is 77.6 cm³/mol. The molecule has 1 aromatic rings. The van der Waals surface area contributed by atoms with Gasteiger partial charge in [-0.15, -0.1) is 0 Å². The van der Waals surface area contributed by atoms with E-state index in [1.807, 2.05) is 0 Å². The van der Waals surface area contributed by atoms with Crippen molar-refractivity contribution < 1.29 is 0 Å². The van der Waals surface area contributed by atoms with E-state index in [0.29, 0.717) is 5.54 Å². The van der Waals surface area contributed by atoms with Crippen LogP contribution in [0.15, 0.2) is 30.3 Å². The van der Waals surface area contributed by atoms with Gasteiger partial charge in [0.05, 0.1) is 0 Å². The van der Waals surface area contributed by atoms with Crippen LogP contribution in [0, 0.1) is 5.92 Å². The van der Waals surface area contributed by atoms with E-state index in [1.165, 1.54) is 24.9 Å². The molecule has 0 spiro atoms. The highest BCUT2D eigenvalue weighted by atomic mass is 15.2. The molecular formula is C16H26N2. The van der Waals surface area contributed by atoms with Gasteiger partial charge in [0, 0.05) is 18.6 Å². The third-order valence-corrected chi connectivity index (χ3v) is 4.21. The van der Waals surface area contributed by atoms with Gasteiger partial charge in [-0.3, -0.25) is 4.90 Å². The van der Waals surface area contributed by atoms with Crippen LogP contribution in [0.25, 0.3) is 0 Å². The highest BCUT2D eigenvalue weighted by molar-refractivity contribution is 5.15. The standard InChI is InChI=1S/C16H26N2/c1-16(2)12-15(8-10-17)13-18(16)11-9-14-6-4-3-5-7-14/h3-7,15H,8-13,17H2,1-2H3. The van der Waals surface area contributed by atoms with Gasteiger partial charge in [-0.2, -0.15) is 0 Å². The SMILES string of the molecule is CC1(C)CC(CCN)CN1CCc1ccccc1. The molecule has 2 rings (SSSR count). The first-order valence-corrected chi connectivity index (χ1v) is 7.11. The Bertz CT molecular complexity index is 359. The first-order chi connectivity index (χ1) is 8.62. The maximum absolute atomic E-state index is 5.69. The van der Waals surface area contributed by atoms with E-state index in [2.05, 4.69) is 49.1 Å². The zero-order valence-electron chi connectivity index (χ0n) is 11.7. The zero-order chi connectivity index (χ0) is 13.0. The molecule has 2 heteroatoms. The highest BCUT2D eigenvalue weighted by Gasteiger charge is 2.37. The summed E-state index contributed by atoms with van der Waals surface area (Å²) in [7, 11) is 0. The Morgan fingerprint density at radius 1 is 1.28 bits per heavy atom. The van der Waals surface area contributed by atoms with Crippen molar-refractivity contribution in [1.29, 1.82) is 0 Å². The lowest BCUT2D eigenvalue weighted by Crippen LogP contribution is -2.39. The molecule has 1 fully saturated rings. The maximum Gasteiger partial charge on any atom is 0.0156 e. The Kier molecular flexibility index (Phi) is 4.41. The van der Waals surface area contributed by atoms with Gasteiger partial charge in [0.15, 0.2) is 0 Å². The number of nitrogens with two attached hydrogens (primary N) is 1. The summed E-state index contributed by atoms with van der Waals surface area (Å²) in [5.74, 6) is 0.792. The molecule has 1 saturated heterocycles. The summed E-state index contributed by atoms with van der Waals surface area (Å²) in [5.41, 5.74) is 7.47. The molecule has 1 atom stereocenters. The van der Waals surface area contributed by atoms with Crippen molar-refractivity contribution in [3.8, 4) is 0 Å². The molecule has 0 amide bonds. The first-order valence-electron chi connectivity index (χ1n) is 7.11. The Morgan fingerprint density at radius 3 is 2.67 bits per heavy atom. The average Bonchev–Trinajstić information content (AvgIpc) is 2.63. The van der Waals surface area contributed by atoms with Gasteiger partial charge in [-0.1, -0.05) is 30.3 Å². The molecule has 1 aliphatic heterocycles. The summed E-state index contributed by atoms with van der Waals surface area (Å²) in [6, 6.07) is 10.8. The van der Waals surface area contributed by atoms with Crippen molar-refractivity contribution in [2.45, 2.75) is 38.6 Å². The second-order valence-corrected chi connectivity index (χ2v) is 6.14. The second kappa shape index (κ2) is 5.85. The molecule has 0 aliphatic carbocycles. The molecule has 2 N–H and O–H groups in total. The van der Waals surface area contributed by atoms with Gasteiger partial charge in [0.1, 0.15) is 0 Å². The van der Waals surface area contributed by atoms with E-state index in [4.69, 9.17) is 5.73 Å². The summed E-state index contributed by atoms with van der Waals surface area (Å²) in [4.78, 5) is 2.64. The van der Waals surface area contributed by atoms with Crippen LogP contribution in [-0.4, -0.2) is 30.1 Å². The topological polar surface area (TPSA) is 29.3 Å². The van der Waals surface area contributed by atoms with Gasteiger partial charge in [-0.25, -0.2) is 0 Å². The first kappa shape index (κ1) is 13.6. The molecule has 0 aromatic heterocycles. The molecule has 2 nitrogen and oxygen atoms in total. The monoisotopic (exact) mass is 246 g/mol. The summed E-state index contributed by atoms with van der Waals surface area (Å²) in [6.07, 6.45) is 3.61. The van der Waals surface area contributed by atoms with Crippen molar-refractivity contribution in [3.63, 3.8) is 0 Å². The second-order valence-electron chi connectivity index (χ2n) is 6.14. The molecule has 1 unspecified atom stereocenters. The summed E-state index contributed by atoms with van der Waals surface area (Å²) < 4.78 is 0. The number of hydrogen-bond donors (Lipinski definition) is 1. The number of hydrogen-bond acceptors (Lipinski definition) is 2. The summed E-state index contributed by atoms with van der Waals surface area (Å²) in [6.45, 7) is 7.95. The van der Waals surface area contributed by atoms with Crippen molar-refractivity contribution in [3.05, 3.63) is 35.9 Å². The molecule has 1 aromatic carbocycles. The van der Waals surface area contributed by atoms with E-state index in [1.54, 1.807) is 0 Å². The van der Waals surface area contributed by atoms with Crippen LogP contribution in [0.2, 0.25) is 0 Å². The largest absolute Gasteiger partial charge is 0.330 e. The van der Waals surface area contributed by atoms with Crippen molar-refractivity contribution in [2.75, 3.05) is 19.6 Å². The lowest BCUT2D eigenvalue weighted by molar-refractivity contribution is 0.177. The predicted octanol–water partition coefficient (Wildman–Crippen LogP) is 2.68. The van der Waals surface area contributed by atoms with Gasteiger partial charge in [0.25, 0.3) is 0 Å².